The third-order valence-electron chi connectivity index (χ3n) is 4.69. The van der Waals surface area contributed by atoms with E-state index in [2.05, 4.69) is 0 Å². The first kappa shape index (κ1) is 15.7. The molecule has 1 aromatic carbocycles. The highest BCUT2D eigenvalue weighted by atomic mass is 16.2. The molecular formula is C17H21N3O3. The average Bonchev–Trinajstić information content (AvgIpc) is 3.14. The Kier molecular flexibility index (Phi) is 4.43. The highest BCUT2D eigenvalue weighted by molar-refractivity contribution is 6.21. The second kappa shape index (κ2) is 6.50. The van der Waals surface area contributed by atoms with Crippen LogP contribution in [0, 0.1) is 0 Å². The summed E-state index contributed by atoms with van der Waals surface area (Å²) < 4.78 is 0. The summed E-state index contributed by atoms with van der Waals surface area (Å²) >= 11 is 0. The topological polar surface area (TPSA) is 83.7 Å². The van der Waals surface area contributed by atoms with Crippen LogP contribution in [0.1, 0.15) is 46.4 Å². The number of rotatable bonds is 6. The van der Waals surface area contributed by atoms with E-state index in [0.29, 0.717) is 23.7 Å². The zero-order valence-electron chi connectivity index (χ0n) is 13.0. The fourth-order valence-electron chi connectivity index (χ4n) is 3.53. The number of carbonyl (C=O) groups is 3. The first-order valence-electron chi connectivity index (χ1n) is 8.05. The average molecular weight is 315 g/mol. The van der Waals surface area contributed by atoms with Gasteiger partial charge >= 0.3 is 0 Å². The Morgan fingerprint density at radius 2 is 1.70 bits per heavy atom. The van der Waals surface area contributed by atoms with Crippen LogP contribution >= 0.6 is 0 Å². The Morgan fingerprint density at radius 1 is 1.13 bits per heavy atom. The molecule has 1 fully saturated rings. The van der Waals surface area contributed by atoms with Crippen molar-refractivity contribution in [1.82, 2.24) is 9.80 Å². The Labute approximate surface area is 135 Å². The highest BCUT2D eigenvalue weighted by Gasteiger charge is 2.35. The van der Waals surface area contributed by atoms with Gasteiger partial charge in [-0.05, 0) is 25.0 Å². The van der Waals surface area contributed by atoms with E-state index >= 15 is 0 Å². The van der Waals surface area contributed by atoms with Crippen molar-refractivity contribution in [2.75, 3.05) is 19.6 Å². The summed E-state index contributed by atoms with van der Waals surface area (Å²) in [4.78, 5) is 39.3. The van der Waals surface area contributed by atoms with Crippen molar-refractivity contribution in [2.45, 2.75) is 31.7 Å². The number of nitrogens with two attached hydrogens (primary N) is 1. The minimum Gasteiger partial charge on any atom is -0.369 e. The molecule has 23 heavy (non-hydrogen) atoms. The lowest BCUT2D eigenvalue weighted by Crippen LogP contribution is -2.45. The van der Waals surface area contributed by atoms with Gasteiger partial charge in [-0.3, -0.25) is 24.2 Å². The molecule has 3 rings (SSSR count). The molecule has 3 amide bonds. The molecule has 1 aliphatic carbocycles. The molecule has 0 saturated heterocycles. The van der Waals surface area contributed by atoms with Gasteiger partial charge in [0.2, 0.25) is 5.91 Å². The largest absolute Gasteiger partial charge is 0.369 e. The van der Waals surface area contributed by atoms with E-state index in [-0.39, 0.29) is 30.8 Å². The molecule has 0 bridgehead atoms. The van der Waals surface area contributed by atoms with Crippen LogP contribution in [0.2, 0.25) is 0 Å². The van der Waals surface area contributed by atoms with Gasteiger partial charge in [0, 0.05) is 19.1 Å². The molecule has 122 valence electrons. The van der Waals surface area contributed by atoms with Gasteiger partial charge in [-0.1, -0.05) is 25.0 Å². The molecule has 2 N–H and O–H groups in total. The number of fused-ring (bicyclic) bond motifs is 1. The van der Waals surface area contributed by atoms with Gasteiger partial charge in [0.05, 0.1) is 17.7 Å². The standard InChI is InChI=1S/C17H21N3O3/c18-15(21)11-19(12-5-1-2-6-12)9-10-20-16(22)13-7-3-4-8-14(13)17(20)23/h3-4,7-8,12H,1-2,5-6,9-11H2,(H2,18,21). The normalized spacial score (nSPS) is 18.0. The maximum atomic E-state index is 12.4. The lowest BCUT2D eigenvalue weighted by molar-refractivity contribution is -0.119. The molecule has 0 atom stereocenters. The van der Waals surface area contributed by atoms with Gasteiger partial charge in [-0.2, -0.15) is 0 Å². The second-order valence-electron chi connectivity index (χ2n) is 6.18. The molecule has 1 saturated carbocycles. The van der Waals surface area contributed by atoms with E-state index in [4.69, 9.17) is 5.73 Å². The van der Waals surface area contributed by atoms with Gasteiger partial charge in [-0.25, -0.2) is 0 Å². The van der Waals surface area contributed by atoms with Gasteiger partial charge in [0.1, 0.15) is 0 Å². The van der Waals surface area contributed by atoms with Crippen LogP contribution in [0.15, 0.2) is 24.3 Å². The van der Waals surface area contributed by atoms with Crippen molar-refractivity contribution >= 4 is 17.7 Å². The summed E-state index contributed by atoms with van der Waals surface area (Å²) in [6, 6.07) is 7.18. The highest BCUT2D eigenvalue weighted by Crippen LogP contribution is 2.25. The van der Waals surface area contributed by atoms with Crippen LogP contribution in [0.25, 0.3) is 0 Å². The van der Waals surface area contributed by atoms with Crippen LogP contribution in [0.4, 0.5) is 0 Å². The molecule has 0 spiro atoms. The number of carbonyl (C=O) groups excluding carboxylic acids is 3. The van der Waals surface area contributed by atoms with Crippen LogP contribution in [0.5, 0.6) is 0 Å². The second-order valence-corrected chi connectivity index (χ2v) is 6.18. The Bertz CT molecular complexity index is 603. The first-order chi connectivity index (χ1) is 11.1. The van der Waals surface area contributed by atoms with Gasteiger partial charge in [-0.15, -0.1) is 0 Å². The van der Waals surface area contributed by atoms with Crippen molar-refractivity contribution < 1.29 is 14.4 Å². The zero-order chi connectivity index (χ0) is 16.4. The van der Waals surface area contributed by atoms with E-state index < -0.39 is 0 Å². The number of hydrogen-bond acceptors (Lipinski definition) is 4. The van der Waals surface area contributed by atoms with E-state index in [0.717, 1.165) is 25.7 Å². The molecule has 0 unspecified atom stereocenters. The minimum absolute atomic E-state index is 0.174. The lowest BCUT2D eigenvalue weighted by atomic mass is 10.1. The van der Waals surface area contributed by atoms with E-state index in [1.54, 1.807) is 24.3 Å². The van der Waals surface area contributed by atoms with Crippen LogP contribution in [-0.4, -0.2) is 53.2 Å². The van der Waals surface area contributed by atoms with E-state index in [1.165, 1.54) is 4.90 Å². The maximum Gasteiger partial charge on any atom is 0.261 e. The summed E-state index contributed by atoms with van der Waals surface area (Å²) in [5.74, 6) is -0.883. The predicted octanol–water partition coefficient (Wildman–Crippen LogP) is 1.01. The first-order valence-corrected chi connectivity index (χ1v) is 8.05. The van der Waals surface area contributed by atoms with Crippen LogP contribution < -0.4 is 5.73 Å². The van der Waals surface area contributed by atoms with Crippen molar-refractivity contribution in [3.05, 3.63) is 35.4 Å². The number of primary amides is 1. The molecule has 2 aliphatic rings. The number of benzene rings is 1. The van der Waals surface area contributed by atoms with Crippen LogP contribution in [0.3, 0.4) is 0 Å². The third kappa shape index (κ3) is 3.12. The Hall–Kier alpha value is -2.21. The quantitative estimate of drug-likeness (QED) is 0.794. The van der Waals surface area contributed by atoms with Crippen molar-refractivity contribution in [3.63, 3.8) is 0 Å². The molecule has 0 aromatic heterocycles. The van der Waals surface area contributed by atoms with Crippen LogP contribution in [-0.2, 0) is 4.79 Å². The summed E-state index contributed by atoms with van der Waals surface area (Å²) in [6.07, 6.45) is 4.37. The van der Waals surface area contributed by atoms with E-state index in [9.17, 15) is 14.4 Å². The Morgan fingerprint density at radius 3 is 2.22 bits per heavy atom. The predicted molar refractivity (Wildman–Crippen MR) is 84.8 cm³/mol. The van der Waals surface area contributed by atoms with Crippen molar-refractivity contribution in [3.8, 4) is 0 Å². The lowest BCUT2D eigenvalue weighted by Gasteiger charge is -2.29. The molecule has 6 heteroatoms. The fraction of sp³-hybridized carbons (Fsp3) is 0.471. The molecule has 1 aromatic rings. The van der Waals surface area contributed by atoms with E-state index in [1.807, 2.05) is 4.90 Å². The fourth-order valence-corrected chi connectivity index (χ4v) is 3.53. The van der Waals surface area contributed by atoms with Crippen molar-refractivity contribution in [2.24, 2.45) is 5.73 Å². The monoisotopic (exact) mass is 315 g/mol. The maximum absolute atomic E-state index is 12.4. The number of hydrogen-bond donors (Lipinski definition) is 1. The summed E-state index contributed by atoms with van der Waals surface area (Å²) in [5, 5.41) is 0. The summed E-state index contributed by atoms with van der Waals surface area (Å²) in [6.45, 7) is 0.947. The number of nitrogens with zero attached hydrogens (tertiary/aromatic N) is 2. The molecule has 6 nitrogen and oxygen atoms in total. The molecule has 1 heterocycles. The summed E-state index contributed by atoms with van der Waals surface area (Å²) in [5.41, 5.74) is 6.26. The minimum atomic E-state index is -0.376. The number of amides is 3. The number of imide groups is 1. The van der Waals surface area contributed by atoms with Gasteiger partial charge in [0.15, 0.2) is 0 Å². The third-order valence-corrected chi connectivity index (χ3v) is 4.69. The van der Waals surface area contributed by atoms with Gasteiger partial charge < -0.3 is 5.73 Å². The van der Waals surface area contributed by atoms with Crippen molar-refractivity contribution in [1.29, 1.82) is 0 Å². The molecular weight excluding hydrogens is 294 g/mol. The smallest absolute Gasteiger partial charge is 0.261 e. The van der Waals surface area contributed by atoms with Gasteiger partial charge in [0.25, 0.3) is 11.8 Å². The SMILES string of the molecule is NC(=O)CN(CCN1C(=O)c2ccccc2C1=O)C1CCCC1. The molecule has 0 radical (unpaired) electrons. The summed E-state index contributed by atoms with van der Waals surface area (Å²) in [7, 11) is 0. The molecule has 1 aliphatic heterocycles. The zero-order valence-corrected chi connectivity index (χ0v) is 13.0. The Balaban J connectivity index is 1.68.